The van der Waals surface area contributed by atoms with Crippen LogP contribution in [0.2, 0.25) is 0 Å². The fourth-order valence-electron chi connectivity index (χ4n) is 0.0962. The molecule has 2 nitrogen and oxygen atoms in total. The first-order valence-corrected chi connectivity index (χ1v) is 1.44. The second kappa shape index (κ2) is 2.33. The van der Waals surface area contributed by atoms with E-state index in [0.29, 0.717) is 0 Å². The van der Waals surface area contributed by atoms with E-state index in [4.69, 9.17) is 0 Å². The summed E-state index contributed by atoms with van der Waals surface area (Å²) in [5, 5.41) is 18.7. The molecule has 0 aliphatic carbocycles. The Hall–Kier alpha value is -0.920. The summed E-state index contributed by atoms with van der Waals surface area (Å²) < 4.78 is 0. The molecule has 0 heterocycles. The second-order valence-corrected chi connectivity index (χ2v) is 0.721. The Balaban J connectivity index is 3.41. The van der Waals surface area contributed by atoms with Crippen LogP contribution in [0.5, 0.6) is 0 Å². The lowest BCUT2D eigenvalue weighted by molar-refractivity contribution is -0.513. The van der Waals surface area contributed by atoms with Crippen LogP contribution in [-0.2, 0) is 0 Å². The van der Waals surface area contributed by atoms with Gasteiger partial charge in [0.25, 0.3) is 0 Å². The van der Waals surface area contributed by atoms with Gasteiger partial charge in [-0.1, -0.05) is 18.7 Å². The highest BCUT2D eigenvalue weighted by Gasteiger charge is 1.43. The molecule has 6 heavy (non-hydrogen) atoms. The van der Waals surface area contributed by atoms with E-state index >= 15 is 0 Å². The average molecular weight is 84.1 g/mol. The van der Waals surface area contributed by atoms with E-state index in [1.807, 2.05) is 0 Å². The maximum atomic E-state index is 9.36. The number of rotatable bonds is 1. The summed E-state index contributed by atoms with van der Waals surface area (Å²) in [6.07, 6.45) is 2.02. The largest absolute Gasteiger partial charge is 0.884 e. The summed E-state index contributed by atoms with van der Waals surface area (Å²) in [4.78, 5) is 0. The predicted molar refractivity (Wildman–Crippen MR) is 18.3 cm³/mol. The Bertz CT molecular complexity index is 69.6. The lowest BCUT2D eigenvalue weighted by Crippen LogP contribution is -2.16. The van der Waals surface area contributed by atoms with Crippen LogP contribution in [0, 0.1) is 0 Å². The van der Waals surface area contributed by atoms with Crippen LogP contribution in [0.4, 0.5) is 0 Å². The smallest absolute Gasteiger partial charge is 0.0713 e. The SMILES string of the molecule is C=CC=C([O-])[O-]. The normalized spacial score (nSPS) is 6.67. The molecule has 0 atom stereocenters. The van der Waals surface area contributed by atoms with Crippen molar-refractivity contribution in [3.8, 4) is 0 Å². The highest BCUT2D eigenvalue weighted by Crippen LogP contribution is 1.65. The van der Waals surface area contributed by atoms with Crippen molar-refractivity contribution in [1.29, 1.82) is 0 Å². The zero-order valence-electron chi connectivity index (χ0n) is 3.18. The van der Waals surface area contributed by atoms with Crippen molar-refractivity contribution in [3.63, 3.8) is 0 Å². The van der Waals surface area contributed by atoms with Gasteiger partial charge in [0.15, 0.2) is 0 Å². The van der Waals surface area contributed by atoms with Crippen molar-refractivity contribution in [3.05, 3.63) is 24.7 Å². The molecular formula is C4H4O2-2. The molecule has 0 unspecified atom stereocenters. The molecular weight excluding hydrogens is 80.0 g/mol. The van der Waals surface area contributed by atoms with E-state index in [1.54, 1.807) is 0 Å². The van der Waals surface area contributed by atoms with Gasteiger partial charge in [-0.2, -0.15) is 0 Å². The van der Waals surface area contributed by atoms with Gasteiger partial charge in [-0.05, 0) is 0 Å². The maximum Gasteiger partial charge on any atom is -0.0713 e. The van der Waals surface area contributed by atoms with Crippen molar-refractivity contribution in [2.75, 3.05) is 0 Å². The van der Waals surface area contributed by atoms with Crippen LogP contribution in [-0.4, -0.2) is 0 Å². The summed E-state index contributed by atoms with van der Waals surface area (Å²) in [5.74, 6) is -1.20. The Morgan fingerprint density at radius 3 is 2.00 bits per heavy atom. The predicted octanol–water partition coefficient (Wildman–Crippen LogP) is -1.27. The topological polar surface area (TPSA) is 46.1 Å². The summed E-state index contributed by atoms with van der Waals surface area (Å²) in [6, 6.07) is 0. The van der Waals surface area contributed by atoms with Gasteiger partial charge < -0.3 is 10.2 Å². The van der Waals surface area contributed by atoms with Gasteiger partial charge in [-0.25, -0.2) is 5.95 Å². The second-order valence-electron chi connectivity index (χ2n) is 0.721. The molecule has 0 N–H and O–H groups in total. The third-order valence-corrected chi connectivity index (χ3v) is 0.254. The molecule has 0 saturated carbocycles. The summed E-state index contributed by atoms with van der Waals surface area (Å²) >= 11 is 0. The van der Waals surface area contributed by atoms with Crippen molar-refractivity contribution in [2.45, 2.75) is 0 Å². The van der Waals surface area contributed by atoms with Crippen molar-refractivity contribution in [2.24, 2.45) is 0 Å². The third kappa shape index (κ3) is 3.08. The minimum Gasteiger partial charge on any atom is -0.884 e. The molecule has 0 aromatic heterocycles. The van der Waals surface area contributed by atoms with E-state index in [1.165, 1.54) is 0 Å². The van der Waals surface area contributed by atoms with Crippen molar-refractivity contribution < 1.29 is 10.2 Å². The van der Waals surface area contributed by atoms with Crippen LogP contribution in [0.25, 0.3) is 0 Å². The molecule has 0 bridgehead atoms. The molecule has 0 spiro atoms. The standard InChI is InChI=1S/C4H6O2/c1-2-3-4(5)6/h2-3,5-6H,1H2/p-2. The minimum atomic E-state index is -1.20. The minimum absolute atomic E-state index is 0.861. The van der Waals surface area contributed by atoms with Crippen molar-refractivity contribution in [1.82, 2.24) is 0 Å². The Kier molecular flexibility index (Phi) is 1.97. The monoisotopic (exact) mass is 84.0 g/mol. The number of hydrogen-bond donors (Lipinski definition) is 0. The fourth-order valence-corrected chi connectivity index (χ4v) is 0.0962. The van der Waals surface area contributed by atoms with Crippen LogP contribution in [0.15, 0.2) is 24.7 Å². The molecule has 0 aliphatic heterocycles. The van der Waals surface area contributed by atoms with Crippen molar-refractivity contribution >= 4 is 0 Å². The van der Waals surface area contributed by atoms with Gasteiger partial charge >= 0.3 is 0 Å². The summed E-state index contributed by atoms with van der Waals surface area (Å²) in [5.41, 5.74) is 0. The van der Waals surface area contributed by atoms with Crippen LogP contribution < -0.4 is 10.2 Å². The Morgan fingerprint density at radius 2 is 2.00 bits per heavy atom. The van der Waals surface area contributed by atoms with Crippen LogP contribution >= 0.6 is 0 Å². The first-order valence-electron chi connectivity index (χ1n) is 1.44. The van der Waals surface area contributed by atoms with Crippen LogP contribution in [0.3, 0.4) is 0 Å². The molecule has 0 aromatic carbocycles. The molecule has 0 radical (unpaired) electrons. The third-order valence-electron chi connectivity index (χ3n) is 0.254. The zero-order valence-corrected chi connectivity index (χ0v) is 3.18. The Labute approximate surface area is 36.0 Å². The zero-order chi connectivity index (χ0) is 4.99. The van der Waals surface area contributed by atoms with Gasteiger partial charge in [-0.15, -0.1) is 0 Å². The molecule has 0 aromatic rings. The quantitative estimate of drug-likeness (QED) is 0.294. The van der Waals surface area contributed by atoms with E-state index in [-0.39, 0.29) is 0 Å². The van der Waals surface area contributed by atoms with E-state index in [9.17, 15) is 10.2 Å². The molecule has 0 aliphatic rings. The number of allylic oxidation sites excluding steroid dienone is 2. The van der Waals surface area contributed by atoms with Crippen LogP contribution in [0.1, 0.15) is 0 Å². The number of hydrogen-bond acceptors (Lipinski definition) is 2. The van der Waals surface area contributed by atoms with Gasteiger partial charge in [-0.3, -0.25) is 0 Å². The van der Waals surface area contributed by atoms with E-state index in [0.717, 1.165) is 12.2 Å². The maximum absolute atomic E-state index is 9.36. The van der Waals surface area contributed by atoms with Gasteiger partial charge in [0.1, 0.15) is 0 Å². The van der Waals surface area contributed by atoms with Gasteiger partial charge in [0, 0.05) is 0 Å². The molecule has 0 saturated heterocycles. The first kappa shape index (κ1) is 5.08. The fraction of sp³-hybridized carbons (Fsp3) is 0. The van der Waals surface area contributed by atoms with E-state index in [2.05, 4.69) is 6.58 Å². The highest BCUT2D eigenvalue weighted by molar-refractivity contribution is 4.94. The van der Waals surface area contributed by atoms with E-state index < -0.39 is 5.95 Å². The van der Waals surface area contributed by atoms with Gasteiger partial charge in [0.2, 0.25) is 0 Å². The van der Waals surface area contributed by atoms with Gasteiger partial charge in [0.05, 0.1) is 0 Å². The molecule has 34 valence electrons. The Morgan fingerprint density at radius 1 is 1.50 bits per heavy atom. The average Bonchev–Trinajstić information content (AvgIpc) is 1.35. The summed E-state index contributed by atoms with van der Waals surface area (Å²) in [7, 11) is 0. The molecule has 0 fully saturated rings. The molecule has 0 amide bonds. The lowest BCUT2D eigenvalue weighted by Gasteiger charge is -2.13. The molecule has 2 heteroatoms. The lowest BCUT2D eigenvalue weighted by atomic mass is 10.6. The highest BCUT2D eigenvalue weighted by atomic mass is 16.5. The molecule has 0 rings (SSSR count). The first-order chi connectivity index (χ1) is 2.77. The summed E-state index contributed by atoms with van der Waals surface area (Å²) in [6.45, 7) is 3.12.